The zero-order chi connectivity index (χ0) is 17.6. The van der Waals surface area contributed by atoms with Crippen LogP contribution in [0.25, 0.3) is 0 Å². The summed E-state index contributed by atoms with van der Waals surface area (Å²) in [6.07, 6.45) is 0.0597. The fourth-order valence-electron chi connectivity index (χ4n) is 2.59. The molecule has 1 amide bonds. The number of benzene rings is 2. The Balaban J connectivity index is 1.69. The zero-order valence-corrected chi connectivity index (χ0v) is 14.4. The van der Waals surface area contributed by atoms with Gasteiger partial charge >= 0.3 is 0 Å². The van der Waals surface area contributed by atoms with Crippen molar-refractivity contribution in [1.82, 2.24) is 5.43 Å². The summed E-state index contributed by atoms with van der Waals surface area (Å²) in [5.41, 5.74) is 4.48. The highest BCUT2D eigenvalue weighted by atomic mass is 16.6. The maximum atomic E-state index is 12.4. The molecule has 1 atom stereocenters. The second kappa shape index (κ2) is 7.83. The maximum Gasteiger partial charge on any atom is 0.284 e. The third-order valence-corrected chi connectivity index (χ3v) is 3.81. The number of carbonyl (C=O) groups is 1. The van der Waals surface area contributed by atoms with E-state index < -0.39 is 6.10 Å². The van der Waals surface area contributed by atoms with Crippen molar-refractivity contribution in [2.24, 2.45) is 11.0 Å². The smallest absolute Gasteiger partial charge is 0.284 e. The van der Waals surface area contributed by atoms with E-state index in [1.165, 1.54) is 0 Å². The number of para-hydroxylation sites is 2. The zero-order valence-electron chi connectivity index (χ0n) is 14.4. The number of fused-ring (bicyclic) bond motifs is 1. The molecule has 1 aliphatic heterocycles. The number of hydrazone groups is 1. The van der Waals surface area contributed by atoms with Gasteiger partial charge in [-0.3, -0.25) is 4.79 Å². The van der Waals surface area contributed by atoms with Crippen molar-refractivity contribution < 1.29 is 14.3 Å². The Morgan fingerprint density at radius 2 is 1.80 bits per heavy atom. The third kappa shape index (κ3) is 4.38. The highest BCUT2D eigenvalue weighted by molar-refractivity contribution is 6.01. The van der Waals surface area contributed by atoms with Crippen LogP contribution in [0.2, 0.25) is 0 Å². The molecule has 2 aromatic carbocycles. The second-order valence-electron chi connectivity index (χ2n) is 6.36. The molecule has 0 fully saturated rings. The van der Waals surface area contributed by atoms with E-state index in [9.17, 15) is 4.79 Å². The van der Waals surface area contributed by atoms with Crippen LogP contribution in [0, 0.1) is 5.92 Å². The van der Waals surface area contributed by atoms with Crippen molar-refractivity contribution in [3.8, 4) is 11.5 Å². The average Bonchev–Trinajstić information content (AvgIpc) is 2.65. The first-order valence-corrected chi connectivity index (χ1v) is 8.44. The molecule has 0 bridgehead atoms. The lowest BCUT2D eigenvalue weighted by molar-refractivity contribution is -0.130. The Morgan fingerprint density at radius 1 is 1.12 bits per heavy atom. The lowest BCUT2D eigenvalue weighted by Crippen LogP contribution is -2.42. The molecule has 3 rings (SSSR count). The minimum atomic E-state index is -0.713. The van der Waals surface area contributed by atoms with Crippen LogP contribution in [0.3, 0.4) is 0 Å². The minimum Gasteiger partial charge on any atom is -0.485 e. The quantitative estimate of drug-likeness (QED) is 0.671. The first kappa shape index (κ1) is 17.0. The van der Waals surface area contributed by atoms with Crippen molar-refractivity contribution in [1.29, 1.82) is 0 Å². The fourth-order valence-corrected chi connectivity index (χ4v) is 2.59. The summed E-state index contributed by atoms with van der Waals surface area (Å²) in [5.74, 6) is 1.34. The fraction of sp³-hybridized carbons (Fsp3) is 0.300. The first-order chi connectivity index (χ1) is 12.1. The lowest BCUT2D eigenvalue weighted by atomic mass is 10.0. The molecule has 130 valence electrons. The van der Waals surface area contributed by atoms with Gasteiger partial charge in [-0.1, -0.05) is 56.3 Å². The molecule has 1 heterocycles. The number of nitrogens with one attached hydrogen (secondary N) is 1. The van der Waals surface area contributed by atoms with E-state index in [0.29, 0.717) is 17.4 Å². The highest BCUT2D eigenvalue weighted by Crippen LogP contribution is 2.30. The van der Waals surface area contributed by atoms with E-state index in [1.54, 1.807) is 6.07 Å². The van der Waals surface area contributed by atoms with Crippen LogP contribution in [-0.4, -0.2) is 24.3 Å². The maximum absolute atomic E-state index is 12.4. The van der Waals surface area contributed by atoms with Gasteiger partial charge in [0.15, 0.2) is 11.5 Å². The van der Waals surface area contributed by atoms with Gasteiger partial charge < -0.3 is 9.47 Å². The topological polar surface area (TPSA) is 59.9 Å². The van der Waals surface area contributed by atoms with E-state index >= 15 is 0 Å². The van der Waals surface area contributed by atoms with Gasteiger partial charge in [-0.15, -0.1) is 0 Å². The molecular weight excluding hydrogens is 316 g/mol. The van der Waals surface area contributed by atoms with Crippen LogP contribution >= 0.6 is 0 Å². The van der Waals surface area contributed by atoms with E-state index in [-0.39, 0.29) is 12.5 Å². The van der Waals surface area contributed by atoms with Gasteiger partial charge in [-0.25, -0.2) is 5.43 Å². The van der Waals surface area contributed by atoms with Gasteiger partial charge in [0, 0.05) is 0 Å². The Bertz CT molecular complexity index is 757. The van der Waals surface area contributed by atoms with Crippen LogP contribution < -0.4 is 14.9 Å². The molecule has 0 aliphatic carbocycles. The van der Waals surface area contributed by atoms with Crippen molar-refractivity contribution in [3.05, 3.63) is 60.2 Å². The van der Waals surface area contributed by atoms with Gasteiger partial charge in [0.2, 0.25) is 6.10 Å². The van der Waals surface area contributed by atoms with Gasteiger partial charge in [0.25, 0.3) is 5.91 Å². The molecule has 1 aliphatic rings. The van der Waals surface area contributed by atoms with E-state index in [1.807, 2.05) is 48.5 Å². The van der Waals surface area contributed by atoms with Gasteiger partial charge in [0.1, 0.15) is 6.61 Å². The van der Waals surface area contributed by atoms with E-state index in [4.69, 9.17) is 9.47 Å². The Kier molecular flexibility index (Phi) is 5.33. The van der Waals surface area contributed by atoms with Crippen LogP contribution in [0.4, 0.5) is 0 Å². The number of nitrogens with zero attached hydrogens (tertiary/aromatic N) is 1. The summed E-state index contributed by atoms with van der Waals surface area (Å²) < 4.78 is 11.3. The van der Waals surface area contributed by atoms with Crippen LogP contribution in [0.5, 0.6) is 11.5 Å². The molecule has 0 unspecified atom stereocenters. The van der Waals surface area contributed by atoms with Gasteiger partial charge in [-0.2, -0.15) is 5.10 Å². The average molecular weight is 338 g/mol. The standard InChI is InChI=1S/C20H22N2O3/c1-14(2)12-16(15-8-4-3-5-9-15)21-22-20(23)19-13-24-17-10-6-7-11-18(17)25-19/h3-11,14,19H,12-13H2,1-2H3,(H,22,23)/b21-16-/t19-/m0/s1. The SMILES string of the molecule is CC(C)C/C(=N/NC(=O)[C@@H]1COc2ccccc2O1)c1ccccc1. The summed E-state index contributed by atoms with van der Waals surface area (Å²) in [7, 11) is 0. The largest absolute Gasteiger partial charge is 0.485 e. The summed E-state index contributed by atoms with van der Waals surface area (Å²) >= 11 is 0. The number of ether oxygens (including phenoxy) is 2. The molecule has 2 aromatic rings. The van der Waals surface area contributed by atoms with E-state index in [2.05, 4.69) is 24.4 Å². The van der Waals surface area contributed by atoms with Crippen molar-refractivity contribution in [2.45, 2.75) is 26.4 Å². The summed E-state index contributed by atoms with van der Waals surface area (Å²) in [4.78, 5) is 12.4. The Hall–Kier alpha value is -2.82. The molecule has 25 heavy (non-hydrogen) atoms. The lowest BCUT2D eigenvalue weighted by Gasteiger charge is -2.25. The van der Waals surface area contributed by atoms with Crippen molar-refractivity contribution in [2.75, 3.05) is 6.61 Å². The van der Waals surface area contributed by atoms with Crippen LogP contribution in [-0.2, 0) is 4.79 Å². The number of hydrogen-bond acceptors (Lipinski definition) is 4. The Morgan fingerprint density at radius 3 is 2.52 bits per heavy atom. The first-order valence-electron chi connectivity index (χ1n) is 8.44. The molecule has 0 aromatic heterocycles. The predicted molar refractivity (Wildman–Crippen MR) is 96.9 cm³/mol. The predicted octanol–water partition coefficient (Wildman–Crippen LogP) is 3.39. The number of rotatable bonds is 5. The van der Waals surface area contributed by atoms with Crippen LogP contribution in [0.15, 0.2) is 59.7 Å². The van der Waals surface area contributed by atoms with E-state index in [0.717, 1.165) is 17.7 Å². The second-order valence-corrected chi connectivity index (χ2v) is 6.36. The molecule has 0 radical (unpaired) electrons. The summed E-state index contributed by atoms with van der Waals surface area (Å²) in [6, 6.07) is 17.2. The molecule has 1 N–H and O–H groups in total. The number of amides is 1. The molecular formula is C20H22N2O3. The minimum absolute atomic E-state index is 0.170. The molecule has 5 nitrogen and oxygen atoms in total. The molecule has 0 spiro atoms. The molecule has 0 saturated heterocycles. The van der Waals surface area contributed by atoms with Gasteiger partial charge in [0.05, 0.1) is 5.71 Å². The molecule has 5 heteroatoms. The van der Waals surface area contributed by atoms with Crippen molar-refractivity contribution >= 4 is 11.6 Å². The molecule has 0 saturated carbocycles. The number of carbonyl (C=O) groups excluding carboxylic acids is 1. The number of hydrogen-bond donors (Lipinski definition) is 1. The monoisotopic (exact) mass is 338 g/mol. The van der Waals surface area contributed by atoms with Crippen molar-refractivity contribution in [3.63, 3.8) is 0 Å². The third-order valence-electron chi connectivity index (χ3n) is 3.81. The summed E-state index contributed by atoms with van der Waals surface area (Å²) in [6.45, 7) is 4.41. The Labute approximate surface area is 147 Å². The normalized spacial score (nSPS) is 16.6. The highest BCUT2D eigenvalue weighted by Gasteiger charge is 2.27. The van der Waals surface area contributed by atoms with Crippen LogP contribution in [0.1, 0.15) is 25.8 Å². The van der Waals surface area contributed by atoms with Gasteiger partial charge in [-0.05, 0) is 30.0 Å². The summed E-state index contributed by atoms with van der Waals surface area (Å²) in [5, 5.41) is 4.35.